The predicted molar refractivity (Wildman–Crippen MR) is 139 cm³/mol. The molecule has 2 nitrogen and oxygen atoms in total. The summed E-state index contributed by atoms with van der Waals surface area (Å²) in [5, 5.41) is 5.51. The van der Waals surface area contributed by atoms with E-state index in [4.69, 9.17) is 0 Å². The van der Waals surface area contributed by atoms with Crippen LogP contribution in [0.1, 0.15) is 56.6 Å². The van der Waals surface area contributed by atoms with Gasteiger partial charge in [-0.05, 0) is 78.7 Å². The molecule has 0 radical (unpaired) electrons. The molecule has 3 aromatic heterocycles. The number of hydrogen-bond donors (Lipinski definition) is 0. The van der Waals surface area contributed by atoms with Crippen molar-refractivity contribution in [3.8, 4) is 0 Å². The summed E-state index contributed by atoms with van der Waals surface area (Å²) in [6, 6.07) is 16.9. The minimum atomic E-state index is -0.145. The first-order valence-electron chi connectivity index (χ1n) is 12.5. The Balaban J connectivity index is 1.69. The molecule has 1 aliphatic carbocycles. The molecule has 0 spiro atoms. The highest BCUT2D eigenvalue weighted by Crippen LogP contribution is 2.45. The van der Waals surface area contributed by atoms with E-state index in [2.05, 4.69) is 79.4 Å². The van der Waals surface area contributed by atoms with Gasteiger partial charge >= 0.3 is 0 Å². The van der Waals surface area contributed by atoms with Crippen LogP contribution in [0.3, 0.4) is 0 Å². The molecule has 170 valence electrons. The molecule has 0 aliphatic heterocycles. The quantitative estimate of drug-likeness (QED) is 0.137. The number of pyridine rings is 2. The van der Waals surface area contributed by atoms with Crippen LogP contribution in [0.2, 0.25) is 0 Å². The fraction of sp³-hybridized carbons (Fsp3) is 0.323. The molecule has 1 fully saturated rings. The van der Waals surface area contributed by atoms with Crippen molar-refractivity contribution in [2.24, 2.45) is 12.5 Å². The average Bonchev–Trinajstić information content (AvgIpc) is 3.15. The van der Waals surface area contributed by atoms with Crippen LogP contribution >= 0.6 is 0 Å². The van der Waals surface area contributed by atoms with E-state index in [9.17, 15) is 0 Å². The third kappa shape index (κ3) is 2.58. The first-order valence-corrected chi connectivity index (χ1v) is 12.5. The molecule has 0 amide bonds. The van der Waals surface area contributed by atoms with E-state index < -0.39 is 0 Å². The van der Waals surface area contributed by atoms with E-state index in [0.29, 0.717) is 11.3 Å². The Labute approximate surface area is 198 Å². The van der Waals surface area contributed by atoms with Gasteiger partial charge in [-0.25, -0.2) is 8.96 Å². The molecule has 6 aromatic rings. The highest BCUT2D eigenvalue weighted by molar-refractivity contribution is 6.25. The summed E-state index contributed by atoms with van der Waals surface area (Å²) < 4.78 is 19.8. The van der Waals surface area contributed by atoms with Crippen molar-refractivity contribution in [3.05, 3.63) is 71.7 Å². The Morgan fingerprint density at radius 3 is 2.53 bits per heavy atom. The van der Waals surface area contributed by atoms with E-state index in [1.54, 1.807) is 6.07 Å². The number of halogens is 1. The number of benzene rings is 3. The van der Waals surface area contributed by atoms with E-state index in [1.807, 2.05) is 6.07 Å². The normalized spacial score (nSPS) is 17.2. The van der Waals surface area contributed by atoms with Gasteiger partial charge in [0.25, 0.3) is 0 Å². The second kappa shape index (κ2) is 6.69. The molecule has 0 bridgehead atoms. The van der Waals surface area contributed by atoms with Crippen molar-refractivity contribution in [2.75, 3.05) is 0 Å². The maximum Gasteiger partial charge on any atom is 0.224 e. The lowest BCUT2D eigenvalue weighted by Gasteiger charge is -2.34. The van der Waals surface area contributed by atoms with Gasteiger partial charge in [-0.15, -0.1) is 0 Å². The topological polar surface area (TPSA) is 8.29 Å². The van der Waals surface area contributed by atoms with Crippen molar-refractivity contribution in [1.29, 1.82) is 0 Å². The van der Waals surface area contributed by atoms with Gasteiger partial charge in [-0.1, -0.05) is 38.1 Å². The van der Waals surface area contributed by atoms with Gasteiger partial charge in [-0.2, -0.15) is 0 Å². The second-order valence-electron chi connectivity index (χ2n) is 11.3. The van der Waals surface area contributed by atoms with Gasteiger partial charge < -0.3 is 4.40 Å². The molecule has 3 heterocycles. The molecule has 1 saturated carbocycles. The monoisotopic (exact) mass is 449 g/mol. The van der Waals surface area contributed by atoms with Crippen LogP contribution in [0, 0.1) is 18.2 Å². The lowest BCUT2D eigenvalue weighted by atomic mass is 9.71. The largest absolute Gasteiger partial charge is 0.307 e. The summed E-state index contributed by atoms with van der Waals surface area (Å²) >= 11 is 0. The van der Waals surface area contributed by atoms with Crippen LogP contribution in [0.4, 0.5) is 4.39 Å². The molecular formula is C31H30FN2+. The van der Waals surface area contributed by atoms with Crippen LogP contribution in [0.15, 0.2) is 54.7 Å². The smallest absolute Gasteiger partial charge is 0.224 e. The van der Waals surface area contributed by atoms with Crippen LogP contribution in [0.5, 0.6) is 0 Å². The third-order valence-electron chi connectivity index (χ3n) is 8.64. The zero-order valence-corrected chi connectivity index (χ0v) is 20.4. The number of fused-ring (bicyclic) bond motifs is 5. The standard InChI is InChI=1S/C31H30FN2/c1-18-8-9-22-28-23(32)6-5-7-24(28)34-25-17-21(19-10-13-31(2,3)14-11-19)16-20-12-15-33(4)30(27(20)25)26(18)29(22)34/h5-9,12,15-17,19H,10-11,13-14H2,1-4H3/q+1. The third-order valence-corrected chi connectivity index (χ3v) is 8.64. The van der Waals surface area contributed by atoms with E-state index in [1.165, 1.54) is 64.0 Å². The molecular weight excluding hydrogens is 419 g/mol. The number of hydrogen-bond acceptors (Lipinski definition) is 0. The van der Waals surface area contributed by atoms with Crippen LogP contribution < -0.4 is 4.57 Å². The molecule has 0 saturated heterocycles. The van der Waals surface area contributed by atoms with Crippen LogP contribution in [-0.2, 0) is 7.05 Å². The summed E-state index contributed by atoms with van der Waals surface area (Å²) in [6.07, 6.45) is 7.19. The molecule has 0 unspecified atom stereocenters. The molecule has 0 atom stereocenters. The summed E-state index contributed by atoms with van der Waals surface area (Å²) in [5.41, 5.74) is 7.64. The van der Waals surface area contributed by atoms with Gasteiger partial charge in [0.15, 0.2) is 6.20 Å². The summed E-state index contributed by atoms with van der Waals surface area (Å²) in [6.45, 7) is 6.97. The Hall–Kier alpha value is -3.20. The first kappa shape index (κ1) is 20.2. The molecule has 7 rings (SSSR count). The van der Waals surface area contributed by atoms with Gasteiger partial charge in [-0.3, -0.25) is 0 Å². The fourth-order valence-corrected chi connectivity index (χ4v) is 6.71. The first-order chi connectivity index (χ1) is 16.3. The van der Waals surface area contributed by atoms with Crippen LogP contribution in [-0.4, -0.2) is 4.40 Å². The van der Waals surface area contributed by atoms with Gasteiger partial charge in [0.05, 0.1) is 27.3 Å². The predicted octanol–water partition coefficient (Wildman–Crippen LogP) is 7.95. The van der Waals surface area contributed by atoms with Crippen molar-refractivity contribution in [3.63, 3.8) is 0 Å². The molecule has 0 N–H and O–H groups in total. The molecule has 1 aliphatic rings. The molecule has 34 heavy (non-hydrogen) atoms. The fourth-order valence-electron chi connectivity index (χ4n) is 6.71. The van der Waals surface area contributed by atoms with Gasteiger partial charge in [0, 0.05) is 16.8 Å². The van der Waals surface area contributed by atoms with Crippen LogP contribution in [0.25, 0.3) is 49.0 Å². The minimum Gasteiger partial charge on any atom is -0.307 e. The maximum absolute atomic E-state index is 15.2. The Kier molecular flexibility index (Phi) is 3.97. The lowest BCUT2D eigenvalue weighted by molar-refractivity contribution is -0.643. The number of aromatic nitrogens is 2. The summed E-state index contributed by atoms with van der Waals surface area (Å²) in [4.78, 5) is 0. The lowest BCUT2D eigenvalue weighted by Crippen LogP contribution is -2.29. The molecule has 3 aromatic carbocycles. The zero-order chi connectivity index (χ0) is 23.4. The van der Waals surface area contributed by atoms with Crippen molar-refractivity contribution >= 4 is 49.0 Å². The SMILES string of the molecule is Cc1ccc2c3c(F)cccc3n3c4cc(C5CCC(C)(C)CC5)cc5cc[n+](C)c(c1c23)c54. The number of rotatable bonds is 1. The maximum atomic E-state index is 15.2. The van der Waals surface area contributed by atoms with E-state index >= 15 is 4.39 Å². The van der Waals surface area contributed by atoms with Gasteiger partial charge in [0.1, 0.15) is 12.9 Å². The van der Waals surface area contributed by atoms with E-state index in [0.717, 1.165) is 21.8 Å². The Bertz CT molecular complexity index is 1760. The number of nitrogens with zero attached hydrogens (tertiary/aromatic N) is 2. The molecule has 3 heteroatoms. The van der Waals surface area contributed by atoms with Crippen molar-refractivity contribution < 1.29 is 8.96 Å². The highest BCUT2D eigenvalue weighted by Gasteiger charge is 2.30. The van der Waals surface area contributed by atoms with Crippen molar-refractivity contribution in [2.45, 2.75) is 52.4 Å². The second-order valence-corrected chi connectivity index (χ2v) is 11.3. The average molecular weight is 450 g/mol. The van der Waals surface area contributed by atoms with E-state index in [-0.39, 0.29) is 5.82 Å². The highest BCUT2D eigenvalue weighted by atomic mass is 19.1. The summed E-state index contributed by atoms with van der Waals surface area (Å²) in [7, 11) is 2.13. The van der Waals surface area contributed by atoms with Gasteiger partial charge in [0.2, 0.25) is 5.52 Å². The summed E-state index contributed by atoms with van der Waals surface area (Å²) in [5.74, 6) is 0.437. The van der Waals surface area contributed by atoms with Crippen molar-refractivity contribution in [1.82, 2.24) is 4.40 Å². The number of aryl methyl sites for hydroxylation is 2. The zero-order valence-electron chi connectivity index (χ0n) is 20.4. The Morgan fingerprint density at radius 1 is 0.941 bits per heavy atom. The minimum absolute atomic E-state index is 0.145. The Morgan fingerprint density at radius 2 is 1.74 bits per heavy atom.